The van der Waals surface area contributed by atoms with E-state index in [9.17, 15) is 8.42 Å². The number of benzene rings is 1. The van der Waals surface area contributed by atoms with Crippen LogP contribution in [0.3, 0.4) is 0 Å². The fraction of sp³-hybridized carbons (Fsp3) is 0.650. The van der Waals surface area contributed by atoms with E-state index in [-0.39, 0.29) is 24.0 Å². The van der Waals surface area contributed by atoms with Crippen LogP contribution < -0.4 is 10.6 Å². The molecule has 1 aromatic carbocycles. The average Bonchev–Trinajstić information content (AvgIpc) is 2.63. The van der Waals surface area contributed by atoms with Gasteiger partial charge in [-0.05, 0) is 57.0 Å². The molecule has 0 aliphatic carbocycles. The first-order valence-electron chi connectivity index (χ1n) is 9.91. The van der Waals surface area contributed by atoms with E-state index in [1.807, 2.05) is 19.1 Å². The largest absolute Gasteiger partial charge is 0.357 e. The third kappa shape index (κ3) is 7.51. The standard InChI is InChI=1S/C20H34N4O2S.HI/c1-5-21-20(23-15-18-9-7-8-12-24(18)6-2)22-14-17-10-11-19(16(3)13-17)27(4,25)26;/h10-11,13,18H,5-9,12,14-15H2,1-4H3,(H2,21,22,23);1H. The van der Waals surface area contributed by atoms with Crippen LogP contribution in [0.5, 0.6) is 0 Å². The van der Waals surface area contributed by atoms with E-state index in [4.69, 9.17) is 0 Å². The minimum atomic E-state index is -3.18. The zero-order valence-corrected chi connectivity index (χ0v) is 20.6. The molecule has 1 fully saturated rings. The number of sulfone groups is 1. The molecule has 1 unspecified atom stereocenters. The number of hydrogen-bond acceptors (Lipinski definition) is 4. The third-order valence-electron chi connectivity index (χ3n) is 5.06. The van der Waals surface area contributed by atoms with E-state index in [1.54, 1.807) is 6.07 Å². The van der Waals surface area contributed by atoms with Crippen molar-refractivity contribution in [3.8, 4) is 0 Å². The summed E-state index contributed by atoms with van der Waals surface area (Å²) in [6.45, 7) is 10.6. The fourth-order valence-corrected chi connectivity index (χ4v) is 4.62. The van der Waals surface area contributed by atoms with Gasteiger partial charge in [-0.3, -0.25) is 4.90 Å². The first-order chi connectivity index (χ1) is 12.8. The maximum absolute atomic E-state index is 11.8. The molecule has 6 nitrogen and oxygen atoms in total. The van der Waals surface area contributed by atoms with Gasteiger partial charge in [-0.1, -0.05) is 25.5 Å². The van der Waals surface area contributed by atoms with Gasteiger partial charge in [-0.2, -0.15) is 0 Å². The Morgan fingerprint density at radius 3 is 2.61 bits per heavy atom. The molecular weight excluding hydrogens is 487 g/mol. The summed E-state index contributed by atoms with van der Waals surface area (Å²) in [5.74, 6) is 0.809. The Morgan fingerprint density at radius 2 is 2.00 bits per heavy atom. The number of nitrogens with zero attached hydrogens (tertiary/aromatic N) is 2. The smallest absolute Gasteiger partial charge is 0.191 e. The Balaban J connectivity index is 0.00000392. The number of nitrogens with one attached hydrogen (secondary N) is 2. The van der Waals surface area contributed by atoms with E-state index in [1.165, 1.54) is 32.1 Å². The first-order valence-corrected chi connectivity index (χ1v) is 11.8. The molecule has 2 N–H and O–H groups in total. The predicted octanol–water partition coefficient (Wildman–Crippen LogP) is 2.95. The Labute approximate surface area is 187 Å². The number of hydrogen-bond donors (Lipinski definition) is 2. The van der Waals surface area contributed by atoms with E-state index < -0.39 is 9.84 Å². The van der Waals surface area contributed by atoms with Gasteiger partial charge in [0, 0.05) is 25.4 Å². The lowest BCUT2D eigenvalue weighted by Gasteiger charge is -2.35. The summed E-state index contributed by atoms with van der Waals surface area (Å²) >= 11 is 0. The van der Waals surface area contributed by atoms with Crippen LogP contribution in [0.1, 0.15) is 44.2 Å². The molecule has 160 valence electrons. The van der Waals surface area contributed by atoms with Crippen LogP contribution in [-0.4, -0.2) is 57.8 Å². The van der Waals surface area contributed by atoms with Crippen molar-refractivity contribution in [1.82, 2.24) is 15.5 Å². The van der Waals surface area contributed by atoms with Crippen LogP contribution in [0.15, 0.2) is 28.1 Å². The molecule has 8 heteroatoms. The number of halogens is 1. The Kier molecular flexibility index (Phi) is 10.8. The Bertz CT molecular complexity index is 753. The summed E-state index contributed by atoms with van der Waals surface area (Å²) < 4.78 is 23.5. The van der Waals surface area contributed by atoms with Crippen LogP contribution in [0.2, 0.25) is 0 Å². The molecule has 2 rings (SSSR count). The summed E-state index contributed by atoms with van der Waals surface area (Å²) in [6.07, 6.45) is 5.06. The predicted molar refractivity (Wildman–Crippen MR) is 127 cm³/mol. The molecular formula is C20H35IN4O2S. The molecule has 0 bridgehead atoms. The number of guanidine groups is 1. The SMILES string of the molecule is CCNC(=NCc1ccc(S(C)(=O)=O)c(C)c1)NCC1CCCCN1CC.I. The van der Waals surface area contributed by atoms with Gasteiger partial charge in [0.25, 0.3) is 0 Å². The summed E-state index contributed by atoms with van der Waals surface area (Å²) in [5, 5.41) is 6.78. The van der Waals surface area contributed by atoms with E-state index in [0.717, 1.165) is 36.7 Å². The number of aryl methyl sites for hydroxylation is 1. The molecule has 1 aromatic rings. The lowest BCUT2D eigenvalue weighted by molar-refractivity contribution is 0.157. The molecule has 1 aliphatic rings. The van der Waals surface area contributed by atoms with Crippen molar-refractivity contribution in [2.24, 2.45) is 4.99 Å². The second-order valence-electron chi connectivity index (χ2n) is 7.23. The van der Waals surface area contributed by atoms with Gasteiger partial charge in [0.15, 0.2) is 15.8 Å². The highest BCUT2D eigenvalue weighted by atomic mass is 127. The van der Waals surface area contributed by atoms with Gasteiger partial charge in [-0.25, -0.2) is 13.4 Å². The van der Waals surface area contributed by atoms with Crippen LogP contribution in [0, 0.1) is 6.92 Å². The van der Waals surface area contributed by atoms with Crippen molar-refractivity contribution in [1.29, 1.82) is 0 Å². The van der Waals surface area contributed by atoms with Crippen LogP contribution in [0.4, 0.5) is 0 Å². The molecule has 0 amide bonds. The van der Waals surface area contributed by atoms with Crippen LogP contribution in [0.25, 0.3) is 0 Å². The van der Waals surface area contributed by atoms with E-state index in [0.29, 0.717) is 17.5 Å². The van der Waals surface area contributed by atoms with Crippen molar-refractivity contribution in [2.75, 3.05) is 32.4 Å². The zero-order valence-electron chi connectivity index (χ0n) is 17.5. The van der Waals surface area contributed by atoms with Crippen LogP contribution in [-0.2, 0) is 16.4 Å². The van der Waals surface area contributed by atoms with Gasteiger partial charge >= 0.3 is 0 Å². The lowest BCUT2D eigenvalue weighted by atomic mass is 10.0. The van der Waals surface area contributed by atoms with Gasteiger partial charge in [0.2, 0.25) is 0 Å². The third-order valence-corrected chi connectivity index (χ3v) is 6.32. The molecule has 0 aromatic heterocycles. The molecule has 0 radical (unpaired) electrons. The number of likely N-dealkylation sites (N-methyl/N-ethyl adjacent to an activating group) is 1. The summed E-state index contributed by atoms with van der Waals surface area (Å²) in [5.41, 5.74) is 1.77. The summed E-state index contributed by atoms with van der Waals surface area (Å²) in [6, 6.07) is 5.99. The molecule has 1 heterocycles. The maximum atomic E-state index is 11.8. The highest BCUT2D eigenvalue weighted by molar-refractivity contribution is 14.0. The van der Waals surface area contributed by atoms with E-state index in [2.05, 4.69) is 34.4 Å². The second kappa shape index (κ2) is 12.0. The zero-order chi connectivity index (χ0) is 19.9. The maximum Gasteiger partial charge on any atom is 0.191 e. The molecule has 1 saturated heterocycles. The summed E-state index contributed by atoms with van der Waals surface area (Å²) in [4.78, 5) is 7.60. The minimum absolute atomic E-state index is 0. The van der Waals surface area contributed by atoms with Crippen LogP contribution >= 0.6 is 24.0 Å². The normalized spacial score (nSPS) is 18.4. The number of aliphatic imine (C=N–C) groups is 1. The number of likely N-dealkylation sites (tertiary alicyclic amines) is 1. The van der Waals surface area contributed by atoms with Gasteiger partial charge < -0.3 is 10.6 Å². The Morgan fingerprint density at radius 1 is 1.25 bits per heavy atom. The highest BCUT2D eigenvalue weighted by Crippen LogP contribution is 2.17. The lowest BCUT2D eigenvalue weighted by Crippen LogP contribution is -2.49. The monoisotopic (exact) mass is 522 g/mol. The van der Waals surface area contributed by atoms with Crippen molar-refractivity contribution < 1.29 is 8.42 Å². The number of rotatable bonds is 7. The fourth-order valence-electron chi connectivity index (χ4n) is 3.66. The number of piperidine rings is 1. The van der Waals surface area contributed by atoms with Crippen molar-refractivity contribution in [2.45, 2.75) is 57.5 Å². The van der Waals surface area contributed by atoms with E-state index >= 15 is 0 Å². The van der Waals surface area contributed by atoms with Gasteiger partial charge in [0.1, 0.15) is 0 Å². The van der Waals surface area contributed by atoms with Crippen molar-refractivity contribution >= 4 is 39.8 Å². The molecule has 1 aliphatic heterocycles. The van der Waals surface area contributed by atoms with Gasteiger partial charge in [0.05, 0.1) is 11.4 Å². The molecule has 28 heavy (non-hydrogen) atoms. The van der Waals surface area contributed by atoms with Crippen molar-refractivity contribution in [3.05, 3.63) is 29.3 Å². The minimum Gasteiger partial charge on any atom is -0.357 e. The summed E-state index contributed by atoms with van der Waals surface area (Å²) in [7, 11) is -3.18. The Hall–Kier alpha value is -0.870. The highest BCUT2D eigenvalue weighted by Gasteiger charge is 2.20. The topological polar surface area (TPSA) is 73.8 Å². The quantitative estimate of drug-likeness (QED) is 0.327. The van der Waals surface area contributed by atoms with Crippen molar-refractivity contribution in [3.63, 3.8) is 0 Å². The molecule has 0 spiro atoms. The average molecular weight is 522 g/mol. The molecule has 1 atom stereocenters. The first kappa shape index (κ1) is 25.2. The van der Waals surface area contributed by atoms with Gasteiger partial charge in [-0.15, -0.1) is 24.0 Å². The molecule has 0 saturated carbocycles. The second-order valence-corrected chi connectivity index (χ2v) is 9.21.